The van der Waals surface area contributed by atoms with Gasteiger partial charge in [0.1, 0.15) is 17.6 Å². The number of allylic oxidation sites excluding steroid dienone is 4. The van der Waals surface area contributed by atoms with Crippen LogP contribution in [0.4, 0.5) is 0 Å². The van der Waals surface area contributed by atoms with E-state index >= 15 is 0 Å². The predicted octanol–water partition coefficient (Wildman–Crippen LogP) is 3.40. The van der Waals surface area contributed by atoms with Crippen molar-refractivity contribution in [3.63, 3.8) is 0 Å². The van der Waals surface area contributed by atoms with E-state index in [0.29, 0.717) is 5.75 Å². The van der Waals surface area contributed by atoms with Crippen molar-refractivity contribution in [2.24, 2.45) is 0 Å². The van der Waals surface area contributed by atoms with Crippen LogP contribution in [0, 0.1) is 6.08 Å². The van der Waals surface area contributed by atoms with Crippen molar-refractivity contribution in [2.45, 2.75) is 6.42 Å². The zero-order valence-electron chi connectivity index (χ0n) is 7.97. The standard InChI is InChI=1S/C6H5ClO.C5H5.O.V/c7-8-6-4-2-1-3-5-6;1-2-4-5-3-1;;/h1-5H;1-3H,4H2;;/q;-1;;. The summed E-state index contributed by atoms with van der Waals surface area (Å²) in [6.45, 7) is 0. The summed E-state index contributed by atoms with van der Waals surface area (Å²) in [6.07, 6.45) is 10.0. The van der Waals surface area contributed by atoms with E-state index in [-0.39, 0.29) is 0 Å². The molecule has 0 radical (unpaired) electrons. The molecule has 2 nitrogen and oxygen atoms in total. The SMILES string of the molecule is ClOc1ccccc1.[C-]1=CC=CC1.[O]=[V]. The molecule has 1 aromatic carbocycles. The topological polar surface area (TPSA) is 26.3 Å². The van der Waals surface area contributed by atoms with Gasteiger partial charge in [0.2, 0.25) is 0 Å². The van der Waals surface area contributed by atoms with Crippen LogP contribution in [0.1, 0.15) is 6.42 Å². The number of hydrogen-bond donors (Lipinski definition) is 0. The Morgan fingerprint density at radius 3 is 2.20 bits per heavy atom. The molecule has 0 aromatic heterocycles. The summed E-state index contributed by atoms with van der Waals surface area (Å²) in [6, 6.07) is 9.19. The Morgan fingerprint density at radius 2 is 1.93 bits per heavy atom. The molecule has 0 heterocycles. The van der Waals surface area contributed by atoms with E-state index in [1.807, 2.05) is 30.4 Å². The number of rotatable bonds is 1. The quantitative estimate of drug-likeness (QED) is 0.724. The van der Waals surface area contributed by atoms with Crippen molar-refractivity contribution in [3.8, 4) is 5.75 Å². The summed E-state index contributed by atoms with van der Waals surface area (Å²) in [7, 11) is 0. The molecule has 1 aromatic rings. The molecule has 1 aliphatic carbocycles. The molecule has 0 saturated carbocycles. The van der Waals surface area contributed by atoms with Gasteiger partial charge in [0, 0.05) is 0 Å². The first kappa shape index (κ1) is 14.2. The van der Waals surface area contributed by atoms with E-state index in [1.54, 1.807) is 12.1 Å². The van der Waals surface area contributed by atoms with Gasteiger partial charge in [-0.1, -0.05) is 18.2 Å². The molecule has 0 spiro atoms. The molecule has 15 heavy (non-hydrogen) atoms. The molecule has 0 aliphatic heterocycles. The molecule has 0 N–H and O–H groups in total. The monoisotopic (exact) mass is 260 g/mol. The third-order valence-corrected chi connectivity index (χ3v) is 1.60. The molecule has 0 saturated heterocycles. The maximum absolute atomic E-state index is 8.19. The fourth-order valence-corrected chi connectivity index (χ4v) is 0.915. The van der Waals surface area contributed by atoms with Crippen LogP contribution in [0.2, 0.25) is 0 Å². The van der Waals surface area contributed by atoms with Crippen molar-refractivity contribution < 1.29 is 25.3 Å². The van der Waals surface area contributed by atoms with Crippen LogP contribution in [0.25, 0.3) is 0 Å². The fourth-order valence-electron chi connectivity index (χ4n) is 0.812. The summed E-state index contributed by atoms with van der Waals surface area (Å²) in [5.74, 6) is 0.675. The van der Waals surface area contributed by atoms with Crippen molar-refractivity contribution in [2.75, 3.05) is 0 Å². The van der Waals surface area contributed by atoms with E-state index in [1.165, 1.54) is 0 Å². The minimum absolute atomic E-state index is 0.675. The van der Waals surface area contributed by atoms with Gasteiger partial charge < -0.3 is 4.29 Å². The average Bonchev–Trinajstić information content (AvgIpc) is 2.92. The Morgan fingerprint density at radius 1 is 1.27 bits per heavy atom. The Bertz CT molecular complexity index is 289. The average molecular weight is 261 g/mol. The molecule has 4 heteroatoms. The van der Waals surface area contributed by atoms with Crippen LogP contribution in [-0.2, 0) is 21.0 Å². The minimum atomic E-state index is 0.675. The van der Waals surface area contributed by atoms with E-state index in [4.69, 9.17) is 15.5 Å². The van der Waals surface area contributed by atoms with E-state index < -0.39 is 0 Å². The second kappa shape index (κ2) is 11.3. The van der Waals surface area contributed by atoms with Gasteiger partial charge >= 0.3 is 21.0 Å². The molecule has 0 fully saturated rings. The van der Waals surface area contributed by atoms with Crippen molar-refractivity contribution in [3.05, 3.63) is 54.6 Å². The van der Waals surface area contributed by atoms with Gasteiger partial charge in [-0.3, -0.25) is 6.08 Å². The molecule has 79 valence electrons. The Balaban J connectivity index is 0.000000241. The first-order chi connectivity index (χ1) is 7.43. The van der Waals surface area contributed by atoms with Crippen LogP contribution in [-0.4, -0.2) is 0 Å². The van der Waals surface area contributed by atoms with E-state index in [2.05, 4.69) is 16.4 Å². The first-order valence-electron chi connectivity index (χ1n) is 4.17. The summed E-state index contributed by atoms with van der Waals surface area (Å²) < 4.78 is 12.6. The molecule has 1 aliphatic rings. The third kappa shape index (κ3) is 8.19. The van der Waals surface area contributed by atoms with Gasteiger partial charge in [-0.2, -0.15) is 6.08 Å². The van der Waals surface area contributed by atoms with Crippen LogP contribution in [0.5, 0.6) is 5.75 Å². The van der Waals surface area contributed by atoms with Crippen LogP contribution >= 0.6 is 11.9 Å². The van der Waals surface area contributed by atoms with Gasteiger partial charge in [-0.25, -0.2) is 12.2 Å². The van der Waals surface area contributed by atoms with Crippen molar-refractivity contribution in [1.29, 1.82) is 0 Å². The summed E-state index contributed by atoms with van der Waals surface area (Å²) in [5, 5.41) is 0. The van der Waals surface area contributed by atoms with Crippen LogP contribution < -0.4 is 4.29 Å². The number of benzene rings is 1. The summed E-state index contributed by atoms with van der Waals surface area (Å²) in [5.41, 5.74) is 0. The number of hydrogen-bond acceptors (Lipinski definition) is 2. The Kier molecular flexibility index (Phi) is 10.6. The maximum atomic E-state index is 8.19. The van der Waals surface area contributed by atoms with Gasteiger partial charge in [-0.15, -0.1) is 6.42 Å². The third-order valence-electron chi connectivity index (χ3n) is 1.42. The molecular weight excluding hydrogens is 251 g/mol. The van der Waals surface area contributed by atoms with Crippen molar-refractivity contribution in [1.82, 2.24) is 0 Å². The normalized spacial score (nSPS) is 10.7. The van der Waals surface area contributed by atoms with E-state index in [9.17, 15) is 0 Å². The van der Waals surface area contributed by atoms with E-state index in [0.717, 1.165) is 23.8 Å². The van der Waals surface area contributed by atoms with Gasteiger partial charge in [0.15, 0.2) is 0 Å². The van der Waals surface area contributed by atoms with Crippen LogP contribution in [0.15, 0.2) is 48.6 Å². The Labute approximate surface area is 104 Å². The zero-order valence-corrected chi connectivity index (χ0v) is 10.1. The number of halogens is 1. The molecule has 2 rings (SSSR count). The zero-order chi connectivity index (χ0) is 11.4. The van der Waals surface area contributed by atoms with Crippen molar-refractivity contribution >= 4 is 11.9 Å². The molecule has 0 bridgehead atoms. The first-order valence-corrected chi connectivity index (χ1v) is 5.05. The Hall–Kier alpha value is -0.826. The summed E-state index contributed by atoms with van der Waals surface area (Å²) >= 11 is 6.09. The predicted molar refractivity (Wildman–Crippen MR) is 55.2 cm³/mol. The number of para-hydroxylation sites is 1. The van der Waals surface area contributed by atoms with Gasteiger partial charge in [0.25, 0.3) is 0 Å². The van der Waals surface area contributed by atoms with Gasteiger partial charge in [-0.05, 0) is 12.1 Å². The molecular formula is C11H10ClO2V-. The van der Waals surface area contributed by atoms with Gasteiger partial charge in [0.05, 0.1) is 0 Å². The molecule has 0 unspecified atom stereocenters. The fraction of sp³-hybridized carbons (Fsp3) is 0.0909. The molecule has 0 amide bonds. The molecule has 0 atom stereocenters. The second-order valence-electron chi connectivity index (χ2n) is 2.39. The summed E-state index contributed by atoms with van der Waals surface area (Å²) in [4.78, 5) is 0. The second-order valence-corrected chi connectivity index (χ2v) is 2.55. The van der Waals surface area contributed by atoms with Crippen LogP contribution in [0.3, 0.4) is 0 Å².